The van der Waals surface area contributed by atoms with Gasteiger partial charge < -0.3 is 0 Å². The lowest BCUT2D eigenvalue weighted by Crippen LogP contribution is -2.56. The molecule has 3 aromatic carbocycles. The number of allylic oxidation sites excluding steroid dienone is 6. The van der Waals surface area contributed by atoms with Crippen molar-refractivity contribution in [3.63, 3.8) is 0 Å². The molecule has 0 nitrogen and oxygen atoms in total. The monoisotopic (exact) mass is 506 g/mol. The third-order valence-corrected chi connectivity index (χ3v) is 8.62. The summed E-state index contributed by atoms with van der Waals surface area (Å²) in [6.07, 6.45) is 0. The highest BCUT2D eigenvalue weighted by Gasteiger charge is 2.56. The van der Waals surface area contributed by atoms with Crippen LogP contribution in [0.4, 0.5) is 0 Å². The molecule has 5 rings (SSSR count). The minimum Gasteiger partial charge on any atom is -0.127 e. The number of rotatable bonds is 2. The highest BCUT2D eigenvalue weighted by Crippen LogP contribution is 2.61. The van der Waals surface area contributed by atoms with Gasteiger partial charge in [-0.05, 0) is 44.5 Å². The normalized spacial score (nSPS) is 15.7. The molecule has 43 heavy (non-hydrogen) atoms. The van der Waals surface area contributed by atoms with E-state index in [9.17, 15) is 0 Å². The maximum Gasteiger partial charge on any atom is 0.113 e. The standard InChI is InChI=1S/C27H6B16/c1-3(28)13(30)5-6-10(18(35)24(41)21(38)15(6)32)27(9(5)14(31)4(2)29)11-7(16(33)22(39)25(42)19(11)36)8-12(27)20(37)26(43)23(40)17(8)34/h1-2H3/b13-3-,14-4-. The Morgan fingerprint density at radius 2 is 0.651 bits per heavy atom. The fraction of sp³-hybridized carbons (Fsp3) is 0.111. The molecule has 0 unspecified atom stereocenters. The van der Waals surface area contributed by atoms with E-state index in [0.717, 1.165) is 0 Å². The van der Waals surface area contributed by atoms with Crippen molar-refractivity contribution in [2.75, 3.05) is 0 Å². The highest BCUT2D eigenvalue weighted by molar-refractivity contribution is 6.69. The van der Waals surface area contributed by atoms with Crippen molar-refractivity contribution < 1.29 is 0 Å². The SMILES string of the molecule is [B]/C(C)=C(\[B])C1=C(/C([B])=C(/[B])C)C2(c3c([B])c([B])c([B])c([B])c31)c1c([B])c([B])c([B])c([B])c1-c1c([B])c([B])c([B])c([B])c12. The van der Waals surface area contributed by atoms with E-state index in [0.29, 0.717) is 0 Å². The summed E-state index contributed by atoms with van der Waals surface area (Å²) in [5.41, 5.74) is 0.785. The summed E-state index contributed by atoms with van der Waals surface area (Å²) in [6.45, 7) is 3.18. The van der Waals surface area contributed by atoms with E-state index < -0.39 is 5.41 Å². The Balaban J connectivity index is 2.34. The van der Waals surface area contributed by atoms with Gasteiger partial charge in [-0.15, -0.1) is 49.2 Å². The van der Waals surface area contributed by atoms with Gasteiger partial charge in [0.1, 0.15) is 126 Å². The van der Waals surface area contributed by atoms with Gasteiger partial charge >= 0.3 is 0 Å². The first-order chi connectivity index (χ1) is 19.9. The van der Waals surface area contributed by atoms with Crippen LogP contribution in [0.15, 0.2) is 27.5 Å². The molecular formula is C27H6B16. The van der Waals surface area contributed by atoms with Gasteiger partial charge in [0, 0.05) is 0 Å². The fourth-order valence-electron chi connectivity index (χ4n) is 6.50. The molecule has 0 amide bonds. The van der Waals surface area contributed by atoms with Crippen LogP contribution in [0.3, 0.4) is 0 Å². The molecule has 3 aromatic rings. The van der Waals surface area contributed by atoms with Crippen molar-refractivity contribution in [1.82, 2.24) is 0 Å². The molecule has 0 bridgehead atoms. The molecule has 1 spiro atoms. The topological polar surface area (TPSA) is 0 Å². The molecular weight excluding hydrogens is 497 g/mol. The van der Waals surface area contributed by atoms with Crippen LogP contribution in [-0.2, 0) is 5.41 Å². The van der Waals surface area contributed by atoms with E-state index in [-0.39, 0.29) is 132 Å². The van der Waals surface area contributed by atoms with Gasteiger partial charge in [-0.2, -0.15) is 0 Å². The zero-order valence-electron chi connectivity index (χ0n) is 23.7. The average Bonchev–Trinajstić information content (AvgIpc) is 3.44. The average molecular weight is 503 g/mol. The Bertz CT molecular complexity index is 1870. The Morgan fingerprint density at radius 3 is 0.977 bits per heavy atom. The molecule has 32 radical (unpaired) electrons. The van der Waals surface area contributed by atoms with E-state index in [2.05, 4.69) is 0 Å². The van der Waals surface area contributed by atoms with Crippen molar-refractivity contribution in [1.29, 1.82) is 0 Å². The second-order valence-corrected chi connectivity index (χ2v) is 10.9. The minimum atomic E-state index is -1.74. The smallest absolute Gasteiger partial charge is 0.113 e. The van der Waals surface area contributed by atoms with Crippen LogP contribution in [-0.4, -0.2) is 126 Å². The van der Waals surface area contributed by atoms with Crippen molar-refractivity contribution in [2.45, 2.75) is 19.3 Å². The molecule has 0 aliphatic heterocycles. The summed E-state index contributed by atoms with van der Waals surface area (Å²) in [7, 11) is 105. The van der Waals surface area contributed by atoms with Gasteiger partial charge in [-0.1, -0.05) is 52.1 Å². The van der Waals surface area contributed by atoms with Crippen LogP contribution in [0, 0.1) is 0 Å². The summed E-state index contributed by atoms with van der Waals surface area (Å²) in [6, 6.07) is 0. The number of hydrogen-bond acceptors (Lipinski definition) is 0. The maximum atomic E-state index is 6.86. The largest absolute Gasteiger partial charge is 0.127 e. The van der Waals surface area contributed by atoms with Gasteiger partial charge in [0.25, 0.3) is 0 Å². The summed E-state index contributed by atoms with van der Waals surface area (Å²) < 4.78 is 0. The number of benzene rings is 3. The zero-order valence-corrected chi connectivity index (χ0v) is 23.7. The van der Waals surface area contributed by atoms with Gasteiger partial charge in [0.05, 0.1) is 5.41 Å². The predicted molar refractivity (Wildman–Crippen MR) is 198 cm³/mol. The first kappa shape index (κ1) is 32.3. The van der Waals surface area contributed by atoms with E-state index in [1.165, 1.54) is 0 Å². The lowest BCUT2D eigenvalue weighted by atomic mass is 9.52. The molecule has 0 aromatic heterocycles. The Labute approximate surface area is 275 Å². The van der Waals surface area contributed by atoms with Crippen molar-refractivity contribution in [3.05, 3.63) is 49.7 Å². The van der Waals surface area contributed by atoms with Crippen molar-refractivity contribution >= 4 is 197 Å². The second-order valence-electron chi connectivity index (χ2n) is 10.9. The van der Waals surface area contributed by atoms with E-state index in [1.807, 2.05) is 0 Å². The van der Waals surface area contributed by atoms with Gasteiger partial charge in [-0.25, -0.2) is 0 Å². The van der Waals surface area contributed by atoms with Crippen LogP contribution in [0.1, 0.15) is 36.1 Å². The second kappa shape index (κ2) is 10.5. The highest BCUT2D eigenvalue weighted by atomic mass is 14.6. The Hall–Kier alpha value is -2.08. The number of hydrogen-bond donors (Lipinski definition) is 0. The molecule has 0 saturated heterocycles. The quantitative estimate of drug-likeness (QED) is 0.305. The van der Waals surface area contributed by atoms with Crippen LogP contribution >= 0.6 is 0 Å². The van der Waals surface area contributed by atoms with Crippen LogP contribution in [0.5, 0.6) is 0 Å². The molecule has 2 aliphatic rings. The van der Waals surface area contributed by atoms with E-state index in [4.69, 9.17) is 126 Å². The first-order valence-corrected chi connectivity index (χ1v) is 12.9. The summed E-state index contributed by atoms with van der Waals surface area (Å²) in [4.78, 5) is 0. The molecule has 0 atom stereocenters. The summed E-state index contributed by atoms with van der Waals surface area (Å²) in [5.74, 6) is 0. The number of fused-ring (bicyclic) bond motifs is 7. The van der Waals surface area contributed by atoms with Crippen LogP contribution in [0.2, 0.25) is 0 Å². The van der Waals surface area contributed by atoms with Gasteiger partial charge in [0.2, 0.25) is 0 Å². The lowest BCUT2D eigenvalue weighted by Gasteiger charge is -2.40. The molecule has 0 heterocycles. The summed E-state index contributed by atoms with van der Waals surface area (Å²) in [5, 5.41) is 0. The third kappa shape index (κ3) is 3.86. The van der Waals surface area contributed by atoms with E-state index in [1.54, 1.807) is 13.8 Å². The predicted octanol–water partition coefficient (Wildman–Crippen LogP) is -9.57. The molecule has 2 aliphatic carbocycles. The molecule has 0 saturated carbocycles. The molecule has 162 valence electrons. The Morgan fingerprint density at radius 1 is 0.372 bits per heavy atom. The molecule has 16 heteroatoms. The lowest BCUT2D eigenvalue weighted by molar-refractivity contribution is 0.801. The van der Waals surface area contributed by atoms with E-state index >= 15 is 0 Å². The van der Waals surface area contributed by atoms with Crippen molar-refractivity contribution in [2.24, 2.45) is 0 Å². The van der Waals surface area contributed by atoms with Crippen LogP contribution in [0.25, 0.3) is 16.7 Å². The first-order valence-electron chi connectivity index (χ1n) is 12.9. The van der Waals surface area contributed by atoms with Crippen LogP contribution < -0.4 is 65.6 Å². The Kier molecular flexibility index (Phi) is 7.88. The van der Waals surface area contributed by atoms with Gasteiger partial charge in [-0.3, -0.25) is 0 Å². The van der Waals surface area contributed by atoms with Crippen molar-refractivity contribution in [3.8, 4) is 11.1 Å². The zero-order chi connectivity index (χ0) is 32.4. The maximum absolute atomic E-state index is 6.86. The molecule has 0 fully saturated rings. The third-order valence-electron chi connectivity index (χ3n) is 8.62. The van der Waals surface area contributed by atoms with Gasteiger partial charge in [0.15, 0.2) is 0 Å². The minimum absolute atomic E-state index is 0.000292. The summed E-state index contributed by atoms with van der Waals surface area (Å²) >= 11 is 0. The fourth-order valence-corrected chi connectivity index (χ4v) is 6.50. The molecule has 0 N–H and O–H groups in total.